The molecular formula is C38H41NO12. The highest BCUT2D eigenvalue weighted by Gasteiger charge is 2.55. The first-order valence-corrected chi connectivity index (χ1v) is 16.7. The number of nitrogens with one attached hydrogen (secondary N) is 1. The summed E-state index contributed by atoms with van der Waals surface area (Å²) in [7, 11) is 0. The summed E-state index contributed by atoms with van der Waals surface area (Å²) in [5, 5.41) is 51.4. The second-order valence-corrected chi connectivity index (χ2v) is 12.4. The van der Waals surface area contributed by atoms with Crippen molar-refractivity contribution in [3.8, 4) is 0 Å². The molecule has 270 valence electrons. The van der Waals surface area contributed by atoms with E-state index in [1.54, 1.807) is 42.5 Å². The third-order valence-corrected chi connectivity index (χ3v) is 8.97. The van der Waals surface area contributed by atoms with Gasteiger partial charge in [-0.1, -0.05) is 84.9 Å². The first-order valence-electron chi connectivity index (χ1n) is 16.7. The van der Waals surface area contributed by atoms with Crippen LogP contribution in [0.4, 0.5) is 0 Å². The Morgan fingerprint density at radius 2 is 1.59 bits per heavy atom. The number of amides is 1. The summed E-state index contributed by atoms with van der Waals surface area (Å²) in [5.41, 5.74) is 2.65. The number of fused-ring (bicyclic) bond motifs is 1. The molecule has 3 aliphatic rings. The molecule has 6 rings (SSSR count). The van der Waals surface area contributed by atoms with Crippen molar-refractivity contribution in [1.29, 1.82) is 0 Å². The van der Waals surface area contributed by atoms with Gasteiger partial charge in [-0.25, -0.2) is 4.79 Å². The molecule has 3 aromatic rings. The number of carbonyl (C=O) groups is 2. The van der Waals surface area contributed by atoms with E-state index in [1.165, 1.54) is 0 Å². The number of carbonyl (C=O) groups excluding carboxylic acids is 2. The number of rotatable bonds is 12. The van der Waals surface area contributed by atoms with Crippen LogP contribution < -0.4 is 5.32 Å². The van der Waals surface area contributed by atoms with Crippen LogP contribution in [-0.2, 0) is 34.3 Å². The molecule has 8 atom stereocenters. The lowest BCUT2D eigenvalue weighted by Crippen LogP contribution is -2.59. The Kier molecular flexibility index (Phi) is 11.7. The molecule has 0 radical (unpaired) electrons. The van der Waals surface area contributed by atoms with Crippen LogP contribution in [0.3, 0.4) is 0 Å². The Morgan fingerprint density at radius 1 is 0.882 bits per heavy atom. The fourth-order valence-corrected chi connectivity index (χ4v) is 6.39. The lowest BCUT2D eigenvalue weighted by atomic mass is 9.91. The van der Waals surface area contributed by atoms with Crippen molar-refractivity contribution in [1.82, 2.24) is 5.32 Å². The molecule has 3 aromatic carbocycles. The van der Waals surface area contributed by atoms with E-state index in [9.17, 15) is 35.1 Å². The third-order valence-electron chi connectivity index (χ3n) is 8.97. The van der Waals surface area contributed by atoms with Gasteiger partial charge in [0.25, 0.3) is 0 Å². The van der Waals surface area contributed by atoms with E-state index < -0.39 is 73.3 Å². The van der Waals surface area contributed by atoms with Crippen molar-refractivity contribution in [3.63, 3.8) is 0 Å². The molecule has 51 heavy (non-hydrogen) atoms. The highest BCUT2D eigenvalue weighted by atomic mass is 16.8. The average Bonchev–Trinajstić information content (AvgIpc) is 3.57. The Labute approximate surface area is 294 Å². The Morgan fingerprint density at radius 3 is 2.25 bits per heavy atom. The topological polar surface area (TPSA) is 193 Å². The molecule has 8 unspecified atom stereocenters. The molecule has 0 saturated carbocycles. The second-order valence-electron chi connectivity index (χ2n) is 12.4. The quantitative estimate of drug-likeness (QED) is 0.148. The number of aliphatic hydroxyl groups is 5. The van der Waals surface area contributed by atoms with E-state index in [0.717, 1.165) is 11.1 Å². The molecule has 2 saturated heterocycles. The molecule has 0 bridgehead atoms. The predicted octanol–water partition coefficient (Wildman–Crippen LogP) is 1.17. The molecule has 2 aliphatic heterocycles. The summed E-state index contributed by atoms with van der Waals surface area (Å²) in [4.78, 5) is 26.8. The van der Waals surface area contributed by atoms with Crippen LogP contribution in [0.5, 0.6) is 0 Å². The Bertz CT molecular complexity index is 1660. The minimum atomic E-state index is -1.55. The zero-order valence-corrected chi connectivity index (χ0v) is 27.6. The van der Waals surface area contributed by atoms with Gasteiger partial charge in [-0.05, 0) is 23.8 Å². The monoisotopic (exact) mass is 703 g/mol. The maximum atomic E-state index is 13.7. The maximum absolute atomic E-state index is 13.7. The number of aliphatic hydroxyl groups excluding tert-OH is 5. The SMILES string of the molecule is O=C(NCCO)C1=CC2OC(c3ccccc3)(c3ccccc3)OC2C(OC(=O)c2cccc(C=CCOC3OC(CO)C(O)C(O)C3O)c2)C1. The minimum Gasteiger partial charge on any atom is -0.456 e. The molecule has 0 spiro atoms. The van der Waals surface area contributed by atoms with Gasteiger partial charge in [0, 0.05) is 29.7 Å². The summed E-state index contributed by atoms with van der Waals surface area (Å²) in [6, 6.07) is 25.5. The Hall–Kier alpha value is -4.28. The van der Waals surface area contributed by atoms with E-state index in [1.807, 2.05) is 60.7 Å². The van der Waals surface area contributed by atoms with Crippen LogP contribution >= 0.6 is 0 Å². The standard InChI is InChI=1S/C38H41NO12/c40-17-16-39-35(45)25-20-28(34-29(21-25)50-38(51-34,26-12-3-1-4-13-26)27-14-5-2-6-15-27)48-36(46)24-11-7-9-23(19-24)10-8-18-47-37-33(44)32(43)31(42)30(22-41)49-37/h1-15,19,21,28-34,37,40-44H,16-18,20,22H2,(H,39,45). The van der Waals surface area contributed by atoms with E-state index in [4.69, 9.17) is 23.7 Å². The first-order chi connectivity index (χ1) is 24.7. The first kappa shape index (κ1) is 36.5. The van der Waals surface area contributed by atoms with Crippen LogP contribution in [-0.4, -0.2) is 113 Å². The largest absolute Gasteiger partial charge is 0.456 e. The summed E-state index contributed by atoms with van der Waals surface area (Å²) >= 11 is 0. The molecule has 13 nitrogen and oxygen atoms in total. The molecular weight excluding hydrogens is 662 g/mol. The number of hydrogen-bond donors (Lipinski definition) is 6. The number of esters is 1. The lowest BCUT2D eigenvalue weighted by Gasteiger charge is -2.39. The molecule has 0 aromatic heterocycles. The van der Waals surface area contributed by atoms with Crippen LogP contribution in [0.1, 0.15) is 33.5 Å². The van der Waals surface area contributed by atoms with Crippen LogP contribution in [0.25, 0.3) is 6.08 Å². The number of ether oxygens (including phenoxy) is 5. The molecule has 1 aliphatic carbocycles. The van der Waals surface area contributed by atoms with Crippen molar-refractivity contribution in [3.05, 3.63) is 125 Å². The van der Waals surface area contributed by atoms with Crippen molar-refractivity contribution in [2.75, 3.05) is 26.4 Å². The van der Waals surface area contributed by atoms with Gasteiger partial charge in [-0.3, -0.25) is 4.79 Å². The number of hydrogen-bond acceptors (Lipinski definition) is 12. The van der Waals surface area contributed by atoms with Crippen molar-refractivity contribution >= 4 is 18.0 Å². The number of benzene rings is 3. The molecule has 2 fully saturated rings. The highest BCUT2D eigenvalue weighted by molar-refractivity contribution is 5.94. The predicted molar refractivity (Wildman–Crippen MR) is 181 cm³/mol. The van der Waals surface area contributed by atoms with Crippen molar-refractivity contribution < 1.29 is 58.8 Å². The summed E-state index contributed by atoms with van der Waals surface area (Å²) in [5.74, 6) is -2.41. The molecule has 6 N–H and O–H groups in total. The van der Waals surface area contributed by atoms with Crippen LogP contribution in [0.15, 0.2) is 103 Å². The normalized spacial score (nSPS) is 28.5. The van der Waals surface area contributed by atoms with Gasteiger partial charge in [-0.15, -0.1) is 0 Å². The van der Waals surface area contributed by atoms with Gasteiger partial charge in [0.1, 0.15) is 42.7 Å². The van der Waals surface area contributed by atoms with Gasteiger partial charge >= 0.3 is 5.97 Å². The fourth-order valence-electron chi connectivity index (χ4n) is 6.39. The zero-order valence-electron chi connectivity index (χ0n) is 27.6. The second kappa shape index (κ2) is 16.4. The minimum absolute atomic E-state index is 0.0437. The fraction of sp³-hybridized carbons (Fsp3) is 0.368. The summed E-state index contributed by atoms with van der Waals surface area (Å²) in [6.07, 6.45) is -4.37. The van der Waals surface area contributed by atoms with Crippen LogP contribution in [0, 0.1) is 0 Å². The highest BCUT2D eigenvalue weighted by Crippen LogP contribution is 2.47. The van der Waals surface area contributed by atoms with Gasteiger partial charge < -0.3 is 54.5 Å². The van der Waals surface area contributed by atoms with Crippen LogP contribution in [0.2, 0.25) is 0 Å². The zero-order chi connectivity index (χ0) is 36.0. The van der Waals surface area contributed by atoms with Gasteiger partial charge in [0.05, 0.1) is 25.4 Å². The third kappa shape index (κ3) is 7.97. The molecule has 2 heterocycles. The molecule has 13 heteroatoms. The van der Waals surface area contributed by atoms with E-state index in [-0.39, 0.29) is 31.7 Å². The van der Waals surface area contributed by atoms with Gasteiger partial charge in [0.2, 0.25) is 11.7 Å². The van der Waals surface area contributed by atoms with Gasteiger partial charge in [0.15, 0.2) is 6.29 Å². The average molecular weight is 704 g/mol. The van der Waals surface area contributed by atoms with E-state index >= 15 is 0 Å². The molecule has 1 amide bonds. The summed E-state index contributed by atoms with van der Waals surface area (Å²) < 4.78 is 30.4. The summed E-state index contributed by atoms with van der Waals surface area (Å²) in [6.45, 7) is -0.810. The lowest BCUT2D eigenvalue weighted by molar-refractivity contribution is -0.298. The van der Waals surface area contributed by atoms with E-state index in [0.29, 0.717) is 11.1 Å². The maximum Gasteiger partial charge on any atom is 0.338 e. The van der Waals surface area contributed by atoms with E-state index in [2.05, 4.69) is 5.32 Å². The van der Waals surface area contributed by atoms with Crippen molar-refractivity contribution in [2.24, 2.45) is 0 Å². The Balaban J connectivity index is 1.19. The van der Waals surface area contributed by atoms with Gasteiger partial charge in [-0.2, -0.15) is 0 Å². The smallest absolute Gasteiger partial charge is 0.338 e. The van der Waals surface area contributed by atoms with Crippen molar-refractivity contribution in [2.45, 2.75) is 61.2 Å².